The fraction of sp³-hybridized carbons (Fsp3) is 0.250. The van der Waals surface area contributed by atoms with Gasteiger partial charge in [-0.3, -0.25) is 0 Å². The highest BCUT2D eigenvalue weighted by Crippen LogP contribution is 2.10. The van der Waals surface area contributed by atoms with Crippen LogP contribution in [0.2, 0.25) is 0 Å². The predicted molar refractivity (Wildman–Crippen MR) is 60.0 cm³/mol. The highest BCUT2D eigenvalue weighted by molar-refractivity contribution is 5.92. The number of carbonyl (C=O) groups excluding carboxylic acids is 1. The van der Waals surface area contributed by atoms with Crippen molar-refractivity contribution in [2.45, 2.75) is 13.8 Å². The fourth-order valence-corrected chi connectivity index (χ4v) is 1.19. The van der Waals surface area contributed by atoms with Gasteiger partial charge in [-0.25, -0.2) is 4.79 Å². The number of hydrogen-bond donors (Lipinski definition) is 1. The van der Waals surface area contributed by atoms with Crippen LogP contribution in [-0.4, -0.2) is 12.6 Å². The largest absolute Gasteiger partial charge is 0.461 e. The summed E-state index contributed by atoms with van der Waals surface area (Å²) in [5.41, 5.74) is 7.73. The molecule has 3 nitrogen and oxygen atoms in total. The molecule has 0 unspecified atom stereocenters. The molecule has 0 amide bonds. The van der Waals surface area contributed by atoms with Gasteiger partial charge in [-0.1, -0.05) is 24.3 Å². The van der Waals surface area contributed by atoms with Crippen LogP contribution in [0.1, 0.15) is 18.1 Å². The SMILES string of the molecule is CCOC(=O)C(N)=Cc1ccccc1C. The Bertz CT molecular complexity index is 383. The van der Waals surface area contributed by atoms with Crippen LogP contribution in [0, 0.1) is 6.92 Å². The van der Waals surface area contributed by atoms with Crippen molar-refractivity contribution in [1.29, 1.82) is 0 Å². The van der Waals surface area contributed by atoms with E-state index in [4.69, 9.17) is 10.5 Å². The molecule has 3 heteroatoms. The zero-order valence-electron chi connectivity index (χ0n) is 8.99. The Morgan fingerprint density at radius 3 is 2.73 bits per heavy atom. The number of hydrogen-bond acceptors (Lipinski definition) is 3. The Labute approximate surface area is 89.5 Å². The molecule has 1 aromatic rings. The van der Waals surface area contributed by atoms with Crippen LogP contribution >= 0.6 is 0 Å². The van der Waals surface area contributed by atoms with Gasteiger partial charge in [0.25, 0.3) is 0 Å². The minimum Gasteiger partial charge on any atom is -0.461 e. The Kier molecular flexibility index (Phi) is 3.92. The number of rotatable bonds is 3. The Morgan fingerprint density at radius 2 is 2.13 bits per heavy atom. The summed E-state index contributed by atoms with van der Waals surface area (Å²) in [5, 5.41) is 0. The second-order valence-corrected chi connectivity index (χ2v) is 3.18. The molecule has 0 aliphatic rings. The Balaban J connectivity index is 2.88. The normalized spacial score (nSPS) is 11.2. The van der Waals surface area contributed by atoms with Gasteiger partial charge >= 0.3 is 5.97 Å². The van der Waals surface area contributed by atoms with Crippen molar-refractivity contribution in [1.82, 2.24) is 0 Å². The minimum absolute atomic E-state index is 0.131. The molecule has 0 fully saturated rings. The van der Waals surface area contributed by atoms with Crippen LogP contribution in [0.3, 0.4) is 0 Å². The van der Waals surface area contributed by atoms with Gasteiger partial charge in [0.1, 0.15) is 5.70 Å². The molecule has 0 saturated heterocycles. The molecule has 0 aromatic heterocycles. The first-order valence-corrected chi connectivity index (χ1v) is 4.85. The van der Waals surface area contributed by atoms with E-state index in [2.05, 4.69) is 0 Å². The van der Waals surface area contributed by atoms with Gasteiger partial charge in [-0.2, -0.15) is 0 Å². The summed E-state index contributed by atoms with van der Waals surface area (Å²) in [7, 11) is 0. The van der Waals surface area contributed by atoms with E-state index in [9.17, 15) is 4.79 Å². The number of ether oxygens (including phenoxy) is 1. The van der Waals surface area contributed by atoms with Crippen LogP contribution in [0.15, 0.2) is 30.0 Å². The first-order chi connectivity index (χ1) is 7.15. The summed E-state index contributed by atoms with van der Waals surface area (Å²) in [6, 6.07) is 7.70. The van der Waals surface area contributed by atoms with Crippen LogP contribution in [0.4, 0.5) is 0 Å². The van der Waals surface area contributed by atoms with Crippen LogP contribution < -0.4 is 5.73 Å². The molecule has 0 saturated carbocycles. The molecular formula is C12H15NO2. The third-order valence-electron chi connectivity index (χ3n) is 2.01. The maximum atomic E-state index is 11.2. The van der Waals surface area contributed by atoms with E-state index in [-0.39, 0.29) is 5.70 Å². The molecule has 0 aliphatic carbocycles. The van der Waals surface area contributed by atoms with Crippen LogP contribution in [0.5, 0.6) is 0 Å². The second kappa shape index (κ2) is 5.20. The first kappa shape index (κ1) is 11.3. The van der Waals surface area contributed by atoms with Gasteiger partial charge in [0.15, 0.2) is 0 Å². The average molecular weight is 205 g/mol. The number of nitrogens with two attached hydrogens (primary N) is 1. The topological polar surface area (TPSA) is 52.3 Å². The van der Waals surface area contributed by atoms with E-state index in [1.807, 2.05) is 31.2 Å². The lowest BCUT2D eigenvalue weighted by molar-refractivity contribution is -0.138. The average Bonchev–Trinajstić information content (AvgIpc) is 2.21. The molecule has 0 bridgehead atoms. The van der Waals surface area contributed by atoms with Gasteiger partial charge in [0, 0.05) is 0 Å². The van der Waals surface area contributed by atoms with E-state index in [0.29, 0.717) is 6.61 Å². The highest BCUT2D eigenvalue weighted by atomic mass is 16.5. The summed E-state index contributed by atoms with van der Waals surface area (Å²) in [5.74, 6) is -0.472. The number of aryl methyl sites for hydroxylation is 1. The minimum atomic E-state index is -0.472. The van der Waals surface area contributed by atoms with Crippen molar-refractivity contribution < 1.29 is 9.53 Å². The van der Waals surface area contributed by atoms with E-state index in [1.54, 1.807) is 13.0 Å². The van der Waals surface area contributed by atoms with Crippen molar-refractivity contribution in [3.63, 3.8) is 0 Å². The predicted octanol–water partition coefficient (Wildman–Crippen LogP) is 1.86. The van der Waals surface area contributed by atoms with E-state index >= 15 is 0 Å². The molecule has 0 heterocycles. The van der Waals surface area contributed by atoms with Crippen molar-refractivity contribution >= 4 is 12.0 Å². The molecule has 80 valence electrons. The van der Waals surface area contributed by atoms with Crippen LogP contribution in [-0.2, 0) is 9.53 Å². The number of benzene rings is 1. The molecule has 0 atom stereocenters. The van der Waals surface area contributed by atoms with Crippen molar-refractivity contribution in [2.75, 3.05) is 6.61 Å². The smallest absolute Gasteiger partial charge is 0.354 e. The number of carbonyl (C=O) groups is 1. The van der Waals surface area contributed by atoms with Gasteiger partial charge in [0.2, 0.25) is 0 Å². The fourth-order valence-electron chi connectivity index (χ4n) is 1.19. The number of esters is 1. The maximum absolute atomic E-state index is 11.2. The molecule has 1 rings (SSSR count). The molecule has 1 aromatic carbocycles. The molecule has 0 aliphatic heterocycles. The van der Waals surface area contributed by atoms with E-state index in [0.717, 1.165) is 11.1 Å². The zero-order chi connectivity index (χ0) is 11.3. The third kappa shape index (κ3) is 3.13. The molecule has 0 radical (unpaired) electrons. The quantitative estimate of drug-likeness (QED) is 0.605. The van der Waals surface area contributed by atoms with E-state index < -0.39 is 5.97 Å². The zero-order valence-corrected chi connectivity index (χ0v) is 8.99. The maximum Gasteiger partial charge on any atom is 0.354 e. The summed E-state index contributed by atoms with van der Waals surface area (Å²) in [6.45, 7) is 4.05. The van der Waals surface area contributed by atoms with Gasteiger partial charge in [0.05, 0.1) is 6.61 Å². The van der Waals surface area contributed by atoms with Crippen molar-refractivity contribution in [3.8, 4) is 0 Å². The Morgan fingerprint density at radius 1 is 1.47 bits per heavy atom. The van der Waals surface area contributed by atoms with E-state index in [1.165, 1.54) is 0 Å². The van der Waals surface area contributed by atoms with Gasteiger partial charge in [-0.05, 0) is 31.1 Å². The van der Waals surface area contributed by atoms with Crippen LogP contribution in [0.25, 0.3) is 6.08 Å². The first-order valence-electron chi connectivity index (χ1n) is 4.85. The lowest BCUT2D eigenvalue weighted by atomic mass is 10.1. The molecule has 15 heavy (non-hydrogen) atoms. The standard InChI is InChI=1S/C12H15NO2/c1-3-15-12(14)11(13)8-10-7-5-4-6-9(10)2/h4-8H,3,13H2,1-2H3. The monoisotopic (exact) mass is 205 g/mol. The summed E-state index contributed by atoms with van der Waals surface area (Å²) in [4.78, 5) is 11.2. The van der Waals surface area contributed by atoms with Crippen molar-refractivity contribution in [2.24, 2.45) is 5.73 Å². The third-order valence-corrected chi connectivity index (χ3v) is 2.01. The lowest BCUT2D eigenvalue weighted by Crippen LogP contribution is -2.14. The lowest BCUT2D eigenvalue weighted by Gasteiger charge is -2.03. The molecular weight excluding hydrogens is 190 g/mol. The molecule has 2 N–H and O–H groups in total. The van der Waals surface area contributed by atoms with Crippen molar-refractivity contribution in [3.05, 3.63) is 41.1 Å². The van der Waals surface area contributed by atoms with Gasteiger partial charge < -0.3 is 10.5 Å². The summed E-state index contributed by atoms with van der Waals surface area (Å²) < 4.78 is 4.78. The summed E-state index contributed by atoms with van der Waals surface area (Å²) in [6.07, 6.45) is 1.63. The van der Waals surface area contributed by atoms with Gasteiger partial charge in [-0.15, -0.1) is 0 Å². The Hall–Kier alpha value is -1.77. The summed E-state index contributed by atoms with van der Waals surface area (Å²) >= 11 is 0. The second-order valence-electron chi connectivity index (χ2n) is 3.18. The highest BCUT2D eigenvalue weighted by Gasteiger charge is 2.05. The molecule has 0 spiro atoms.